The van der Waals surface area contributed by atoms with Crippen LogP contribution in [0.25, 0.3) is 0 Å². The molecule has 0 amide bonds. The number of hydrogen-bond donors (Lipinski definition) is 2. The molecule has 2 unspecified atom stereocenters. The minimum atomic E-state index is 0.121. The van der Waals surface area contributed by atoms with Crippen LogP contribution in [0.4, 0.5) is 0 Å². The van der Waals surface area contributed by atoms with Crippen molar-refractivity contribution in [3.63, 3.8) is 0 Å². The standard InChI is InChI=1S/C8H14N2O/c11-4-7-8(6-10-7)2-1-3-9-5-8/h4,7,9-10H,1-3,5-6H2. The van der Waals surface area contributed by atoms with Gasteiger partial charge in [0.1, 0.15) is 6.29 Å². The van der Waals surface area contributed by atoms with Crippen LogP contribution in [0.3, 0.4) is 0 Å². The number of piperidine rings is 1. The van der Waals surface area contributed by atoms with E-state index in [1.54, 1.807) is 0 Å². The molecular weight excluding hydrogens is 140 g/mol. The van der Waals surface area contributed by atoms with E-state index >= 15 is 0 Å². The smallest absolute Gasteiger partial charge is 0.137 e. The highest BCUT2D eigenvalue weighted by Gasteiger charge is 2.46. The predicted octanol–water partition coefficient (Wildman–Crippen LogP) is -0.473. The molecule has 2 aliphatic rings. The second-order valence-electron chi connectivity index (χ2n) is 3.64. The van der Waals surface area contributed by atoms with E-state index in [0.29, 0.717) is 0 Å². The number of rotatable bonds is 1. The Morgan fingerprint density at radius 3 is 2.82 bits per heavy atom. The zero-order chi connectivity index (χ0) is 7.73. The third-order valence-electron chi connectivity index (χ3n) is 2.98. The highest BCUT2D eigenvalue weighted by atomic mass is 16.1. The largest absolute Gasteiger partial charge is 0.316 e. The molecule has 0 aromatic rings. The van der Waals surface area contributed by atoms with Crippen LogP contribution < -0.4 is 10.6 Å². The van der Waals surface area contributed by atoms with Crippen molar-refractivity contribution in [2.75, 3.05) is 19.6 Å². The molecule has 0 aromatic carbocycles. The first-order valence-electron chi connectivity index (χ1n) is 4.27. The summed E-state index contributed by atoms with van der Waals surface area (Å²) in [5.74, 6) is 0. The van der Waals surface area contributed by atoms with Gasteiger partial charge >= 0.3 is 0 Å². The van der Waals surface area contributed by atoms with E-state index in [0.717, 1.165) is 25.9 Å². The maximum Gasteiger partial charge on any atom is 0.137 e. The molecule has 3 heteroatoms. The second kappa shape index (κ2) is 2.57. The van der Waals surface area contributed by atoms with Gasteiger partial charge in [0.15, 0.2) is 0 Å². The van der Waals surface area contributed by atoms with Crippen molar-refractivity contribution in [3.05, 3.63) is 0 Å². The number of carbonyl (C=O) groups excluding carboxylic acids is 1. The Morgan fingerprint density at radius 2 is 2.36 bits per heavy atom. The Bertz CT molecular complexity index is 163. The van der Waals surface area contributed by atoms with Crippen molar-refractivity contribution in [1.29, 1.82) is 0 Å². The van der Waals surface area contributed by atoms with Gasteiger partial charge in [-0.15, -0.1) is 0 Å². The fourth-order valence-corrected chi connectivity index (χ4v) is 2.11. The molecular formula is C8H14N2O. The lowest BCUT2D eigenvalue weighted by Crippen LogP contribution is -2.68. The Morgan fingerprint density at radius 1 is 1.45 bits per heavy atom. The van der Waals surface area contributed by atoms with Crippen LogP contribution in [0.2, 0.25) is 0 Å². The van der Waals surface area contributed by atoms with E-state index in [1.807, 2.05) is 0 Å². The average molecular weight is 154 g/mol. The Kier molecular flexibility index (Phi) is 1.69. The molecule has 62 valence electrons. The Labute approximate surface area is 66.5 Å². The molecule has 0 aliphatic carbocycles. The predicted molar refractivity (Wildman–Crippen MR) is 42.4 cm³/mol. The molecule has 2 heterocycles. The monoisotopic (exact) mass is 154 g/mol. The van der Waals surface area contributed by atoms with Crippen LogP contribution in [-0.4, -0.2) is 32.0 Å². The summed E-state index contributed by atoms with van der Waals surface area (Å²) in [5, 5.41) is 6.49. The molecule has 0 saturated carbocycles. The first-order valence-corrected chi connectivity index (χ1v) is 4.27. The van der Waals surface area contributed by atoms with E-state index in [1.165, 1.54) is 12.8 Å². The first kappa shape index (κ1) is 7.25. The van der Waals surface area contributed by atoms with Crippen molar-refractivity contribution in [2.45, 2.75) is 18.9 Å². The van der Waals surface area contributed by atoms with Gasteiger partial charge in [0.25, 0.3) is 0 Å². The Balaban J connectivity index is 2.02. The molecule has 2 N–H and O–H groups in total. The van der Waals surface area contributed by atoms with Crippen LogP contribution in [0.5, 0.6) is 0 Å². The van der Waals surface area contributed by atoms with Gasteiger partial charge in [-0.3, -0.25) is 0 Å². The maximum absolute atomic E-state index is 10.6. The van der Waals surface area contributed by atoms with Gasteiger partial charge in [0.2, 0.25) is 0 Å². The maximum atomic E-state index is 10.6. The molecule has 2 saturated heterocycles. The van der Waals surface area contributed by atoms with Crippen molar-refractivity contribution in [2.24, 2.45) is 5.41 Å². The molecule has 0 bridgehead atoms. The third-order valence-corrected chi connectivity index (χ3v) is 2.98. The van der Waals surface area contributed by atoms with Crippen molar-refractivity contribution in [1.82, 2.24) is 10.6 Å². The van der Waals surface area contributed by atoms with Crippen molar-refractivity contribution >= 4 is 6.29 Å². The number of aldehydes is 1. The SMILES string of the molecule is O=CC1NCC12CCCNC2. The summed E-state index contributed by atoms with van der Waals surface area (Å²) in [5.41, 5.74) is 0.278. The molecule has 2 aliphatic heterocycles. The fraction of sp³-hybridized carbons (Fsp3) is 0.875. The van der Waals surface area contributed by atoms with Gasteiger partial charge in [0.05, 0.1) is 6.04 Å². The summed E-state index contributed by atoms with van der Waals surface area (Å²) in [6.45, 7) is 3.15. The van der Waals surface area contributed by atoms with Crippen LogP contribution in [-0.2, 0) is 4.79 Å². The molecule has 0 radical (unpaired) electrons. The summed E-state index contributed by atoms with van der Waals surface area (Å²) in [4.78, 5) is 10.6. The normalized spacial score (nSPS) is 43.5. The van der Waals surface area contributed by atoms with Gasteiger partial charge in [-0.1, -0.05) is 0 Å². The van der Waals surface area contributed by atoms with Crippen LogP contribution >= 0.6 is 0 Å². The zero-order valence-electron chi connectivity index (χ0n) is 6.60. The molecule has 2 fully saturated rings. The highest BCUT2D eigenvalue weighted by molar-refractivity contribution is 5.61. The molecule has 3 nitrogen and oxygen atoms in total. The van der Waals surface area contributed by atoms with Gasteiger partial charge in [-0.2, -0.15) is 0 Å². The van der Waals surface area contributed by atoms with Gasteiger partial charge in [0, 0.05) is 18.5 Å². The molecule has 0 aromatic heterocycles. The summed E-state index contributed by atoms with van der Waals surface area (Å²) in [7, 11) is 0. The van der Waals surface area contributed by atoms with E-state index in [-0.39, 0.29) is 11.5 Å². The summed E-state index contributed by atoms with van der Waals surface area (Å²) < 4.78 is 0. The average Bonchev–Trinajstić information content (AvgIpc) is 2.05. The zero-order valence-corrected chi connectivity index (χ0v) is 6.60. The molecule has 2 atom stereocenters. The topological polar surface area (TPSA) is 41.1 Å². The lowest BCUT2D eigenvalue weighted by Gasteiger charge is -2.50. The van der Waals surface area contributed by atoms with Crippen LogP contribution in [0, 0.1) is 5.41 Å². The highest BCUT2D eigenvalue weighted by Crippen LogP contribution is 2.34. The molecule has 2 rings (SSSR count). The fourth-order valence-electron chi connectivity index (χ4n) is 2.11. The van der Waals surface area contributed by atoms with Crippen molar-refractivity contribution in [3.8, 4) is 0 Å². The van der Waals surface area contributed by atoms with E-state index in [9.17, 15) is 4.79 Å². The van der Waals surface area contributed by atoms with Crippen LogP contribution in [0.15, 0.2) is 0 Å². The van der Waals surface area contributed by atoms with Gasteiger partial charge < -0.3 is 15.4 Å². The molecule has 1 spiro atoms. The minimum Gasteiger partial charge on any atom is -0.316 e. The Hall–Kier alpha value is -0.410. The first-order chi connectivity index (χ1) is 5.37. The number of hydrogen-bond acceptors (Lipinski definition) is 3. The quantitative estimate of drug-likeness (QED) is 0.502. The second-order valence-corrected chi connectivity index (χ2v) is 3.64. The minimum absolute atomic E-state index is 0.121. The van der Waals surface area contributed by atoms with E-state index < -0.39 is 0 Å². The summed E-state index contributed by atoms with van der Waals surface area (Å²) in [6.07, 6.45) is 3.47. The summed E-state index contributed by atoms with van der Waals surface area (Å²) in [6, 6.07) is 0.121. The lowest BCUT2D eigenvalue weighted by molar-refractivity contribution is -0.117. The van der Waals surface area contributed by atoms with Crippen molar-refractivity contribution < 1.29 is 4.79 Å². The molecule has 11 heavy (non-hydrogen) atoms. The summed E-state index contributed by atoms with van der Waals surface area (Å²) >= 11 is 0. The van der Waals surface area contributed by atoms with Crippen LogP contribution in [0.1, 0.15) is 12.8 Å². The van der Waals surface area contributed by atoms with Gasteiger partial charge in [-0.25, -0.2) is 0 Å². The van der Waals surface area contributed by atoms with E-state index in [2.05, 4.69) is 10.6 Å². The number of nitrogens with one attached hydrogen (secondary N) is 2. The lowest BCUT2D eigenvalue weighted by atomic mass is 9.69. The third kappa shape index (κ3) is 0.993. The van der Waals surface area contributed by atoms with Gasteiger partial charge in [-0.05, 0) is 19.4 Å². The number of carbonyl (C=O) groups is 1. The van der Waals surface area contributed by atoms with E-state index in [4.69, 9.17) is 0 Å².